The van der Waals surface area contributed by atoms with Crippen LogP contribution in [0.4, 0.5) is 0 Å². The van der Waals surface area contributed by atoms with E-state index in [1.54, 1.807) is 12.3 Å². The molecule has 2 heterocycles. The Hall–Kier alpha value is -2.10. The van der Waals surface area contributed by atoms with E-state index in [2.05, 4.69) is 9.98 Å². The van der Waals surface area contributed by atoms with Crippen LogP contribution in [-0.4, -0.2) is 30.7 Å². The Morgan fingerprint density at radius 1 is 1.25 bits per heavy atom. The summed E-state index contributed by atoms with van der Waals surface area (Å²) in [5.41, 5.74) is 2.50. The summed E-state index contributed by atoms with van der Waals surface area (Å²) in [7, 11) is 0. The molecule has 0 radical (unpaired) electrons. The molecule has 0 saturated heterocycles. The summed E-state index contributed by atoms with van der Waals surface area (Å²) in [5, 5.41) is 0. The van der Waals surface area contributed by atoms with Crippen molar-refractivity contribution in [1.29, 1.82) is 0 Å². The smallest absolute Gasteiger partial charge is 0.269 e. The number of fused-ring (bicyclic) bond motifs is 3. The molecular formula is C12H8N2O2. The van der Waals surface area contributed by atoms with Crippen molar-refractivity contribution in [2.45, 2.75) is 0 Å². The monoisotopic (exact) mass is 212 g/mol. The van der Waals surface area contributed by atoms with Crippen molar-refractivity contribution in [3.05, 3.63) is 34.9 Å². The van der Waals surface area contributed by atoms with Crippen LogP contribution in [0.15, 0.2) is 44.9 Å². The Morgan fingerprint density at radius 2 is 2.12 bits per heavy atom. The summed E-state index contributed by atoms with van der Waals surface area (Å²) in [6, 6.07) is 0. The van der Waals surface area contributed by atoms with Gasteiger partial charge >= 0.3 is 0 Å². The zero-order valence-corrected chi connectivity index (χ0v) is 8.38. The first-order chi connectivity index (χ1) is 7.75. The van der Waals surface area contributed by atoms with E-state index in [1.807, 2.05) is 6.08 Å². The molecule has 0 bridgehead atoms. The van der Waals surface area contributed by atoms with Crippen LogP contribution < -0.4 is 0 Å². The molecule has 0 aromatic carbocycles. The number of ketones is 1. The maximum Gasteiger partial charge on any atom is 0.269 e. The first-order valence-electron chi connectivity index (χ1n) is 5.02. The minimum Gasteiger partial charge on any atom is -0.294 e. The lowest BCUT2D eigenvalue weighted by Gasteiger charge is -2.25. The van der Waals surface area contributed by atoms with Crippen molar-refractivity contribution >= 4 is 24.1 Å². The van der Waals surface area contributed by atoms with Gasteiger partial charge in [-0.2, -0.15) is 0 Å². The molecule has 2 aliphatic heterocycles. The first kappa shape index (κ1) is 9.15. The fourth-order valence-electron chi connectivity index (χ4n) is 2.09. The number of aliphatic imine (C=N–C) groups is 2. The molecule has 1 amide bonds. The van der Waals surface area contributed by atoms with Crippen molar-refractivity contribution in [2.24, 2.45) is 15.9 Å². The topological polar surface area (TPSA) is 58.9 Å². The zero-order chi connectivity index (χ0) is 11.1. The van der Waals surface area contributed by atoms with Crippen molar-refractivity contribution in [3.63, 3.8) is 0 Å². The lowest BCUT2D eigenvalue weighted by atomic mass is 9.78. The quantitative estimate of drug-likeness (QED) is 0.592. The van der Waals surface area contributed by atoms with Crippen molar-refractivity contribution in [1.82, 2.24) is 0 Å². The average molecular weight is 212 g/mol. The molecule has 1 unspecified atom stereocenters. The molecule has 16 heavy (non-hydrogen) atoms. The molecule has 0 aromatic rings. The fraction of sp³-hybridized carbons (Fsp3) is 0.167. The molecule has 3 aliphatic rings. The van der Waals surface area contributed by atoms with E-state index in [-0.39, 0.29) is 17.6 Å². The van der Waals surface area contributed by atoms with Gasteiger partial charge in [-0.3, -0.25) is 14.6 Å². The molecule has 0 spiro atoms. The van der Waals surface area contributed by atoms with Crippen molar-refractivity contribution in [2.75, 3.05) is 6.54 Å². The van der Waals surface area contributed by atoms with Gasteiger partial charge in [0.1, 0.15) is 0 Å². The van der Waals surface area contributed by atoms with Crippen LogP contribution in [-0.2, 0) is 9.59 Å². The van der Waals surface area contributed by atoms with Gasteiger partial charge in [0.05, 0.1) is 12.5 Å². The normalized spacial score (nSPS) is 26.8. The van der Waals surface area contributed by atoms with Gasteiger partial charge in [-0.05, 0) is 17.2 Å². The lowest BCUT2D eigenvalue weighted by molar-refractivity contribution is -0.115. The number of dihydropyridines is 2. The molecule has 4 heteroatoms. The van der Waals surface area contributed by atoms with Gasteiger partial charge in [0, 0.05) is 24.1 Å². The number of allylic oxidation sites excluding steroid dienone is 4. The molecule has 78 valence electrons. The van der Waals surface area contributed by atoms with Crippen LogP contribution >= 0.6 is 0 Å². The van der Waals surface area contributed by atoms with Gasteiger partial charge in [-0.25, -0.2) is 4.99 Å². The maximum atomic E-state index is 11.8. The third kappa shape index (κ3) is 1.23. The number of hydrogen-bond acceptors (Lipinski definition) is 3. The summed E-state index contributed by atoms with van der Waals surface area (Å²) in [6.07, 6.45) is 8.06. The molecule has 0 fully saturated rings. The zero-order valence-electron chi connectivity index (χ0n) is 8.38. The predicted octanol–water partition coefficient (Wildman–Crippen LogP) is 0.660. The maximum absolute atomic E-state index is 11.8. The summed E-state index contributed by atoms with van der Waals surface area (Å²) in [5.74, 6) is -0.731. The summed E-state index contributed by atoms with van der Waals surface area (Å²) < 4.78 is 0. The van der Waals surface area contributed by atoms with Gasteiger partial charge in [0.2, 0.25) is 0 Å². The van der Waals surface area contributed by atoms with Crippen LogP contribution in [0, 0.1) is 5.92 Å². The minimum absolute atomic E-state index is 0.0389. The second kappa shape index (κ2) is 3.20. The third-order valence-electron chi connectivity index (χ3n) is 2.82. The van der Waals surface area contributed by atoms with Crippen LogP contribution in [0.1, 0.15) is 0 Å². The Morgan fingerprint density at radius 3 is 3.00 bits per heavy atom. The Kier molecular flexibility index (Phi) is 1.83. The van der Waals surface area contributed by atoms with Crippen LogP contribution in [0.3, 0.4) is 0 Å². The van der Waals surface area contributed by atoms with Gasteiger partial charge < -0.3 is 0 Å². The number of rotatable bonds is 0. The molecule has 0 N–H and O–H groups in total. The highest BCUT2D eigenvalue weighted by Gasteiger charge is 2.32. The number of hydrogen-bond donors (Lipinski definition) is 0. The van der Waals surface area contributed by atoms with E-state index in [1.165, 1.54) is 12.3 Å². The molecule has 4 nitrogen and oxygen atoms in total. The number of carbonyl (C=O) groups is 2. The molecule has 1 atom stereocenters. The summed E-state index contributed by atoms with van der Waals surface area (Å²) in [6.45, 7) is 0.594. The second-order valence-electron chi connectivity index (χ2n) is 3.81. The van der Waals surface area contributed by atoms with Crippen LogP contribution in [0.25, 0.3) is 0 Å². The highest BCUT2D eigenvalue weighted by atomic mass is 16.1. The fourth-order valence-corrected chi connectivity index (χ4v) is 2.09. The van der Waals surface area contributed by atoms with Crippen molar-refractivity contribution in [3.8, 4) is 0 Å². The second-order valence-corrected chi connectivity index (χ2v) is 3.81. The predicted molar refractivity (Wildman–Crippen MR) is 59.6 cm³/mol. The molecular weight excluding hydrogens is 204 g/mol. The summed E-state index contributed by atoms with van der Waals surface area (Å²) in [4.78, 5) is 30.8. The SMILES string of the molecule is O=C1C=C2C3=CCN=CC3=CC(=O)C2C=N1. The van der Waals surface area contributed by atoms with E-state index in [9.17, 15) is 9.59 Å². The molecule has 0 aromatic heterocycles. The van der Waals surface area contributed by atoms with E-state index in [0.717, 1.165) is 16.7 Å². The number of nitrogens with zero attached hydrogens (tertiary/aromatic N) is 2. The highest BCUT2D eigenvalue weighted by molar-refractivity contribution is 6.16. The standard InChI is InChI=1S/C12H8N2O2/c15-11-3-7-5-13-2-1-8(7)9-4-12(16)14-6-10(9)11/h1,3-6,10H,2H2. The largest absolute Gasteiger partial charge is 0.294 e. The Bertz CT molecular complexity index is 547. The summed E-state index contributed by atoms with van der Waals surface area (Å²) >= 11 is 0. The lowest BCUT2D eigenvalue weighted by Crippen LogP contribution is -2.27. The molecule has 0 saturated carbocycles. The van der Waals surface area contributed by atoms with Gasteiger partial charge in [0.15, 0.2) is 5.78 Å². The van der Waals surface area contributed by atoms with Crippen LogP contribution in [0.5, 0.6) is 0 Å². The highest BCUT2D eigenvalue weighted by Crippen LogP contribution is 2.33. The van der Waals surface area contributed by atoms with E-state index < -0.39 is 0 Å². The number of carbonyl (C=O) groups excluding carboxylic acids is 2. The van der Waals surface area contributed by atoms with E-state index in [0.29, 0.717) is 6.54 Å². The van der Waals surface area contributed by atoms with E-state index in [4.69, 9.17) is 0 Å². The van der Waals surface area contributed by atoms with Crippen LogP contribution in [0.2, 0.25) is 0 Å². The third-order valence-corrected chi connectivity index (χ3v) is 2.82. The molecule has 3 rings (SSSR count). The number of amides is 1. The van der Waals surface area contributed by atoms with Gasteiger partial charge in [-0.15, -0.1) is 0 Å². The Labute approximate surface area is 91.8 Å². The van der Waals surface area contributed by atoms with Gasteiger partial charge in [-0.1, -0.05) is 6.08 Å². The Balaban J connectivity index is 2.18. The first-order valence-corrected chi connectivity index (χ1v) is 5.02. The minimum atomic E-state index is -0.390. The van der Waals surface area contributed by atoms with E-state index >= 15 is 0 Å². The van der Waals surface area contributed by atoms with Crippen molar-refractivity contribution < 1.29 is 9.59 Å². The average Bonchev–Trinajstić information content (AvgIpc) is 2.29. The molecule has 1 aliphatic carbocycles. The van der Waals surface area contributed by atoms with Gasteiger partial charge in [0.25, 0.3) is 5.91 Å².